The normalized spacial score (nSPS) is 19.0. The summed E-state index contributed by atoms with van der Waals surface area (Å²) in [5.41, 5.74) is 1.78. The minimum atomic E-state index is -1.02. The van der Waals surface area contributed by atoms with Gasteiger partial charge in [0, 0.05) is 0 Å². The Morgan fingerprint density at radius 1 is 1.27 bits per heavy atom. The molecular weight excluding hydrogens is 282 g/mol. The van der Waals surface area contributed by atoms with Crippen LogP contribution in [-0.4, -0.2) is 28.8 Å². The number of carbonyl (C=O) groups is 2. The third-order valence-electron chi connectivity index (χ3n) is 3.79. The molecule has 0 aliphatic heterocycles. The molecule has 1 aliphatic rings. The smallest absolute Gasteiger partial charge is 0.408 e. The highest BCUT2D eigenvalue weighted by atomic mass is 16.6. The van der Waals surface area contributed by atoms with Crippen molar-refractivity contribution in [2.75, 3.05) is 0 Å². The summed E-state index contributed by atoms with van der Waals surface area (Å²) >= 11 is 0. The van der Waals surface area contributed by atoms with Crippen LogP contribution < -0.4 is 5.32 Å². The second-order valence-corrected chi connectivity index (χ2v) is 6.73. The molecule has 0 bridgehead atoms. The number of carbonyl (C=O) groups excluding carboxylic acids is 1. The lowest BCUT2D eigenvalue weighted by atomic mass is 9.80. The van der Waals surface area contributed by atoms with Gasteiger partial charge >= 0.3 is 12.1 Å². The number of aliphatic carboxylic acids is 1. The fraction of sp³-hybridized carbons (Fsp3) is 0.529. The number of nitrogens with one attached hydrogen (secondary N) is 1. The van der Waals surface area contributed by atoms with Gasteiger partial charge in [0.15, 0.2) is 0 Å². The van der Waals surface area contributed by atoms with E-state index in [1.54, 1.807) is 20.8 Å². The van der Waals surface area contributed by atoms with Crippen molar-refractivity contribution in [3.63, 3.8) is 0 Å². The number of ether oxygens (including phenoxy) is 1. The van der Waals surface area contributed by atoms with E-state index in [1.165, 1.54) is 5.56 Å². The number of carboxylic acid groups (broad SMARTS) is 1. The Balaban J connectivity index is 2.07. The number of carboxylic acids is 1. The van der Waals surface area contributed by atoms with Crippen molar-refractivity contribution in [3.8, 4) is 0 Å². The van der Waals surface area contributed by atoms with Gasteiger partial charge in [0.05, 0.1) is 0 Å². The van der Waals surface area contributed by atoms with Gasteiger partial charge in [-0.1, -0.05) is 24.3 Å². The summed E-state index contributed by atoms with van der Waals surface area (Å²) in [5.74, 6) is -1.14. The zero-order valence-electron chi connectivity index (χ0n) is 13.3. The van der Waals surface area contributed by atoms with Crippen LogP contribution in [0, 0.1) is 5.92 Å². The Morgan fingerprint density at radius 3 is 2.50 bits per heavy atom. The van der Waals surface area contributed by atoms with Crippen molar-refractivity contribution in [1.29, 1.82) is 0 Å². The van der Waals surface area contributed by atoms with Gasteiger partial charge in [-0.05, 0) is 57.1 Å². The molecule has 120 valence electrons. The molecule has 1 amide bonds. The SMILES string of the molecule is CC(C)(C)OC(=O)N[C@H](C(=O)O)[C@@H]1CCc2ccccc2C1. The third-order valence-corrected chi connectivity index (χ3v) is 3.79. The molecule has 0 radical (unpaired) electrons. The largest absolute Gasteiger partial charge is 0.480 e. The molecular formula is C17H23NO4. The van der Waals surface area contributed by atoms with E-state index in [2.05, 4.69) is 11.4 Å². The van der Waals surface area contributed by atoms with E-state index in [9.17, 15) is 14.7 Å². The number of hydrogen-bond donors (Lipinski definition) is 2. The van der Waals surface area contributed by atoms with Crippen LogP contribution in [0.15, 0.2) is 24.3 Å². The molecule has 0 aromatic heterocycles. The summed E-state index contributed by atoms with van der Waals surface area (Å²) in [6.45, 7) is 5.25. The lowest BCUT2D eigenvalue weighted by Gasteiger charge is -2.30. The fourth-order valence-corrected chi connectivity index (χ4v) is 2.83. The quantitative estimate of drug-likeness (QED) is 0.900. The van der Waals surface area contributed by atoms with E-state index in [0.29, 0.717) is 6.42 Å². The van der Waals surface area contributed by atoms with E-state index in [-0.39, 0.29) is 5.92 Å². The monoisotopic (exact) mass is 305 g/mol. The molecule has 0 fully saturated rings. The molecule has 0 heterocycles. The van der Waals surface area contributed by atoms with Crippen LogP contribution in [0.1, 0.15) is 38.3 Å². The second-order valence-electron chi connectivity index (χ2n) is 6.73. The van der Waals surface area contributed by atoms with Gasteiger partial charge in [-0.25, -0.2) is 9.59 Å². The molecule has 1 aromatic rings. The predicted molar refractivity (Wildman–Crippen MR) is 82.8 cm³/mol. The summed E-state index contributed by atoms with van der Waals surface area (Å²) in [6.07, 6.45) is 1.55. The van der Waals surface area contributed by atoms with Crippen molar-refractivity contribution in [2.45, 2.75) is 51.7 Å². The molecule has 5 heteroatoms. The molecule has 2 rings (SSSR count). The van der Waals surface area contributed by atoms with Gasteiger partial charge in [-0.15, -0.1) is 0 Å². The Bertz CT molecular complexity index is 562. The van der Waals surface area contributed by atoms with Crippen LogP contribution in [0.5, 0.6) is 0 Å². The standard InChI is InChI=1S/C17H23NO4/c1-17(2,3)22-16(21)18-14(15(19)20)13-9-8-11-6-4-5-7-12(11)10-13/h4-7,13-14H,8-10H2,1-3H3,(H,18,21)(H,19,20)/t13-,14+/m1/s1. The maximum absolute atomic E-state index is 11.9. The van der Waals surface area contributed by atoms with E-state index in [4.69, 9.17) is 4.74 Å². The second kappa shape index (κ2) is 6.38. The van der Waals surface area contributed by atoms with Crippen molar-refractivity contribution >= 4 is 12.1 Å². The number of benzene rings is 1. The van der Waals surface area contributed by atoms with Gasteiger partial charge in [-0.2, -0.15) is 0 Å². The highest BCUT2D eigenvalue weighted by molar-refractivity contribution is 5.80. The van der Waals surface area contributed by atoms with Crippen molar-refractivity contribution in [2.24, 2.45) is 5.92 Å². The molecule has 5 nitrogen and oxygen atoms in total. The average molecular weight is 305 g/mol. The number of amides is 1. The summed E-state index contributed by atoms with van der Waals surface area (Å²) in [6, 6.07) is 7.12. The summed E-state index contributed by atoms with van der Waals surface area (Å²) < 4.78 is 5.17. The van der Waals surface area contributed by atoms with E-state index >= 15 is 0 Å². The maximum atomic E-state index is 11.9. The van der Waals surface area contributed by atoms with E-state index in [1.807, 2.05) is 18.2 Å². The fourth-order valence-electron chi connectivity index (χ4n) is 2.83. The van der Waals surface area contributed by atoms with Crippen LogP contribution in [0.2, 0.25) is 0 Å². The lowest BCUT2D eigenvalue weighted by molar-refractivity contribution is -0.141. The molecule has 1 aliphatic carbocycles. The molecule has 2 N–H and O–H groups in total. The molecule has 2 atom stereocenters. The Hall–Kier alpha value is -2.04. The highest BCUT2D eigenvalue weighted by Crippen LogP contribution is 2.27. The predicted octanol–water partition coefficient (Wildman–Crippen LogP) is 2.77. The van der Waals surface area contributed by atoms with Crippen molar-refractivity contribution < 1.29 is 19.4 Å². The number of alkyl carbamates (subject to hydrolysis) is 1. The first-order chi connectivity index (χ1) is 10.3. The summed E-state index contributed by atoms with van der Waals surface area (Å²) in [5, 5.41) is 12.0. The number of hydrogen-bond acceptors (Lipinski definition) is 3. The highest BCUT2D eigenvalue weighted by Gasteiger charge is 2.33. The molecule has 0 spiro atoms. The number of aryl methyl sites for hydroxylation is 1. The zero-order valence-corrected chi connectivity index (χ0v) is 13.3. The number of fused-ring (bicyclic) bond motifs is 1. The minimum Gasteiger partial charge on any atom is -0.480 e. The first-order valence-corrected chi connectivity index (χ1v) is 7.55. The van der Waals surface area contributed by atoms with E-state index < -0.39 is 23.7 Å². The Kier molecular flexibility index (Phi) is 4.74. The van der Waals surface area contributed by atoms with Crippen LogP contribution in [0.25, 0.3) is 0 Å². The molecule has 22 heavy (non-hydrogen) atoms. The van der Waals surface area contributed by atoms with Gasteiger partial charge in [0.2, 0.25) is 0 Å². The van der Waals surface area contributed by atoms with Crippen LogP contribution in [-0.2, 0) is 22.4 Å². The molecule has 0 saturated carbocycles. The van der Waals surface area contributed by atoms with Gasteiger partial charge in [0.1, 0.15) is 11.6 Å². The third kappa shape index (κ3) is 4.23. The summed E-state index contributed by atoms with van der Waals surface area (Å²) in [7, 11) is 0. The van der Waals surface area contributed by atoms with Gasteiger partial charge < -0.3 is 15.2 Å². The topological polar surface area (TPSA) is 75.6 Å². The number of rotatable bonds is 3. The van der Waals surface area contributed by atoms with Crippen molar-refractivity contribution in [1.82, 2.24) is 5.32 Å². The van der Waals surface area contributed by atoms with Gasteiger partial charge in [0.25, 0.3) is 0 Å². The lowest BCUT2D eigenvalue weighted by Crippen LogP contribution is -2.49. The average Bonchev–Trinajstić information content (AvgIpc) is 2.42. The van der Waals surface area contributed by atoms with Crippen LogP contribution in [0.4, 0.5) is 4.79 Å². The zero-order chi connectivity index (χ0) is 16.3. The Morgan fingerprint density at radius 2 is 1.91 bits per heavy atom. The van der Waals surface area contributed by atoms with Gasteiger partial charge in [-0.3, -0.25) is 0 Å². The maximum Gasteiger partial charge on any atom is 0.408 e. The minimum absolute atomic E-state index is 0.125. The van der Waals surface area contributed by atoms with E-state index in [0.717, 1.165) is 18.4 Å². The summed E-state index contributed by atoms with van der Waals surface area (Å²) in [4.78, 5) is 23.4. The van der Waals surface area contributed by atoms with Crippen LogP contribution >= 0.6 is 0 Å². The van der Waals surface area contributed by atoms with Crippen LogP contribution in [0.3, 0.4) is 0 Å². The van der Waals surface area contributed by atoms with Crippen molar-refractivity contribution in [3.05, 3.63) is 35.4 Å². The first-order valence-electron chi connectivity index (χ1n) is 7.55. The molecule has 0 unspecified atom stereocenters. The first kappa shape index (κ1) is 16.3. The Labute approximate surface area is 130 Å². The molecule has 1 aromatic carbocycles. The molecule has 0 saturated heterocycles.